The van der Waals surface area contributed by atoms with Gasteiger partial charge in [0.15, 0.2) is 0 Å². The van der Waals surface area contributed by atoms with Gasteiger partial charge in [-0.05, 0) is 18.8 Å². The van der Waals surface area contributed by atoms with Crippen LogP contribution in [0.5, 0.6) is 0 Å². The standard InChI is InChI=1S/C13H22O3/c1-4-5-6-7-8-10-15-13(14)16-11-9-12(2)3/h12H,4-7,9,11H2,1-3H3. The first-order valence-electron chi connectivity index (χ1n) is 5.98. The van der Waals surface area contributed by atoms with Crippen LogP contribution in [0.25, 0.3) is 0 Å². The second-order valence-corrected chi connectivity index (χ2v) is 4.12. The van der Waals surface area contributed by atoms with Crippen LogP contribution in [0.2, 0.25) is 0 Å². The third kappa shape index (κ3) is 10.9. The fourth-order valence-electron chi connectivity index (χ4n) is 1.000. The van der Waals surface area contributed by atoms with E-state index in [1.165, 1.54) is 6.42 Å². The summed E-state index contributed by atoms with van der Waals surface area (Å²) in [5, 5.41) is 0. The molecule has 16 heavy (non-hydrogen) atoms. The Morgan fingerprint density at radius 3 is 2.69 bits per heavy atom. The fraction of sp³-hybridized carbons (Fsp3) is 0.769. The number of ether oxygens (including phenoxy) is 2. The largest absolute Gasteiger partial charge is 0.522 e. The van der Waals surface area contributed by atoms with E-state index in [1.807, 2.05) is 0 Å². The van der Waals surface area contributed by atoms with Gasteiger partial charge in [-0.3, -0.25) is 0 Å². The lowest BCUT2D eigenvalue weighted by Crippen LogP contribution is -2.07. The molecule has 0 unspecified atom stereocenters. The smallest absolute Gasteiger partial charge is 0.433 e. The van der Waals surface area contributed by atoms with Crippen molar-refractivity contribution in [1.82, 2.24) is 0 Å². The molecule has 0 saturated carbocycles. The zero-order chi connectivity index (χ0) is 12.2. The van der Waals surface area contributed by atoms with Crippen LogP contribution in [0.4, 0.5) is 4.79 Å². The van der Waals surface area contributed by atoms with Crippen LogP contribution in [0.15, 0.2) is 0 Å². The second-order valence-electron chi connectivity index (χ2n) is 4.12. The second kappa shape index (κ2) is 10.4. The van der Waals surface area contributed by atoms with E-state index in [9.17, 15) is 4.79 Å². The van der Waals surface area contributed by atoms with E-state index in [-0.39, 0.29) is 0 Å². The highest BCUT2D eigenvalue weighted by Gasteiger charge is 2.02. The molecule has 0 N–H and O–H groups in total. The molecule has 92 valence electrons. The Hall–Kier alpha value is -1.17. The van der Waals surface area contributed by atoms with Crippen LogP contribution < -0.4 is 0 Å². The number of hydrogen-bond acceptors (Lipinski definition) is 3. The third-order valence-corrected chi connectivity index (χ3v) is 2.03. The SMILES string of the molecule is CCCCCC#COC(=O)OCCC(C)C. The van der Waals surface area contributed by atoms with Crippen LogP contribution in [0.3, 0.4) is 0 Å². The molecule has 0 aliphatic rings. The molecule has 3 heteroatoms. The van der Waals surface area contributed by atoms with Crippen molar-refractivity contribution >= 4 is 6.16 Å². The van der Waals surface area contributed by atoms with E-state index in [4.69, 9.17) is 4.74 Å². The number of carbonyl (C=O) groups is 1. The van der Waals surface area contributed by atoms with Gasteiger partial charge in [0.25, 0.3) is 0 Å². The first-order valence-corrected chi connectivity index (χ1v) is 5.98. The highest BCUT2D eigenvalue weighted by Crippen LogP contribution is 2.00. The highest BCUT2D eigenvalue weighted by molar-refractivity contribution is 5.61. The summed E-state index contributed by atoms with van der Waals surface area (Å²) in [4.78, 5) is 11.0. The number of hydrogen-bond donors (Lipinski definition) is 0. The van der Waals surface area contributed by atoms with Gasteiger partial charge >= 0.3 is 6.16 Å². The molecule has 0 aromatic heterocycles. The average Bonchev–Trinajstić information content (AvgIpc) is 2.22. The normalized spacial score (nSPS) is 9.50. The van der Waals surface area contributed by atoms with Gasteiger partial charge in [0.2, 0.25) is 0 Å². The van der Waals surface area contributed by atoms with Crippen molar-refractivity contribution in [2.75, 3.05) is 6.61 Å². The third-order valence-electron chi connectivity index (χ3n) is 2.03. The summed E-state index contributed by atoms with van der Waals surface area (Å²) < 4.78 is 9.40. The number of unbranched alkanes of at least 4 members (excludes halogenated alkanes) is 3. The first-order chi connectivity index (χ1) is 7.66. The topological polar surface area (TPSA) is 35.5 Å². The Labute approximate surface area is 98.5 Å². The van der Waals surface area contributed by atoms with Crippen molar-refractivity contribution in [3.63, 3.8) is 0 Å². The molecular formula is C13H22O3. The van der Waals surface area contributed by atoms with Gasteiger partial charge in [-0.15, -0.1) is 0 Å². The lowest BCUT2D eigenvalue weighted by molar-refractivity contribution is 0.0862. The van der Waals surface area contributed by atoms with Crippen molar-refractivity contribution in [3.05, 3.63) is 0 Å². The molecule has 0 aliphatic heterocycles. The summed E-state index contributed by atoms with van der Waals surface area (Å²) in [6.45, 7) is 6.68. The van der Waals surface area contributed by atoms with E-state index in [0.717, 1.165) is 25.7 Å². The van der Waals surface area contributed by atoms with E-state index in [2.05, 4.69) is 37.5 Å². The van der Waals surface area contributed by atoms with Gasteiger partial charge in [-0.2, -0.15) is 0 Å². The quantitative estimate of drug-likeness (QED) is 0.393. The van der Waals surface area contributed by atoms with Crippen LogP contribution in [-0.4, -0.2) is 12.8 Å². The van der Waals surface area contributed by atoms with Gasteiger partial charge in [-0.25, -0.2) is 4.79 Å². The average molecular weight is 226 g/mol. The van der Waals surface area contributed by atoms with Gasteiger partial charge in [0.05, 0.1) is 6.61 Å². The molecule has 0 saturated heterocycles. The Kier molecular flexibility index (Phi) is 9.59. The van der Waals surface area contributed by atoms with Crippen LogP contribution in [0.1, 0.15) is 52.9 Å². The molecule has 0 spiro atoms. The maximum absolute atomic E-state index is 11.0. The van der Waals surface area contributed by atoms with Crippen LogP contribution in [-0.2, 0) is 9.47 Å². The Balaban J connectivity index is 3.42. The van der Waals surface area contributed by atoms with Crippen molar-refractivity contribution < 1.29 is 14.3 Å². The molecule has 0 fully saturated rings. The van der Waals surface area contributed by atoms with Gasteiger partial charge in [0, 0.05) is 6.42 Å². The van der Waals surface area contributed by atoms with Crippen LogP contribution in [0, 0.1) is 17.9 Å². The van der Waals surface area contributed by atoms with Gasteiger partial charge < -0.3 is 9.47 Å². The first kappa shape index (κ1) is 14.8. The molecule has 0 heterocycles. The molecule has 0 rings (SSSR count). The summed E-state index contributed by atoms with van der Waals surface area (Å²) in [5.41, 5.74) is 0. The zero-order valence-corrected chi connectivity index (χ0v) is 10.5. The minimum atomic E-state index is -0.691. The van der Waals surface area contributed by atoms with Crippen LogP contribution >= 0.6 is 0 Å². The van der Waals surface area contributed by atoms with E-state index in [1.54, 1.807) is 0 Å². The number of rotatable bonds is 6. The Morgan fingerprint density at radius 2 is 2.06 bits per heavy atom. The molecule has 0 amide bonds. The maximum Gasteiger partial charge on any atom is 0.522 e. The van der Waals surface area contributed by atoms with Crippen molar-refractivity contribution in [2.24, 2.45) is 5.92 Å². The molecule has 0 bridgehead atoms. The maximum atomic E-state index is 11.0. The lowest BCUT2D eigenvalue weighted by atomic mass is 10.1. The fourth-order valence-corrected chi connectivity index (χ4v) is 1.000. The van der Waals surface area contributed by atoms with Crippen molar-refractivity contribution in [2.45, 2.75) is 52.9 Å². The Morgan fingerprint density at radius 1 is 1.31 bits per heavy atom. The van der Waals surface area contributed by atoms with E-state index >= 15 is 0 Å². The summed E-state index contributed by atoms with van der Waals surface area (Å²) in [6.07, 6.45) is 6.66. The van der Waals surface area contributed by atoms with Gasteiger partial charge in [-0.1, -0.05) is 39.5 Å². The summed E-state index contributed by atoms with van der Waals surface area (Å²) >= 11 is 0. The molecule has 0 aliphatic carbocycles. The monoisotopic (exact) mass is 226 g/mol. The minimum absolute atomic E-state index is 0.397. The lowest BCUT2D eigenvalue weighted by Gasteiger charge is -2.03. The number of carbonyl (C=O) groups excluding carboxylic acids is 1. The molecule has 0 aromatic carbocycles. The summed E-state index contributed by atoms with van der Waals surface area (Å²) in [6, 6.07) is 0. The summed E-state index contributed by atoms with van der Waals surface area (Å²) in [7, 11) is 0. The molecule has 0 atom stereocenters. The van der Waals surface area contributed by atoms with Crippen molar-refractivity contribution in [3.8, 4) is 12.0 Å². The zero-order valence-electron chi connectivity index (χ0n) is 10.5. The highest BCUT2D eigenvalue weighted by atomic mass is 16.7. The molecule has 0 radical (unpaired) electrons. The van der Waals surface area contributed by atoms with E-state index in [0.29, 0.717) is 12.5 Å². The van der Waals surface area contributed by atoms with Crippen molar-refractivity contribution in [1.29, 1.82) is 0 Å². The van der Waals surface area contributed by atoms with E-state index < -0.39 is 6.16 Å². The predicted molar refractivity (Wildman–Crippen MR) is 63.8 cm³/mol. The summed E-state index contributed by atoms with van der Waals surface area (Å²) in [5.74, 6) is 3.30. The molecule has 0 aromatic rings. The molecule has 3 nitrogen and oxygen atoms in total. The molecular weight excluding hydrogens is 204 g/mol. The predicted octanol–water partition coefficient (Wildman–Crippen LogP) is 3.73. The van der Waals surface area contributed by atoms with Gasteiger partial charge in [0.1, 0.15) is 6.11 Å². The minimum Gasteiger partial charge on any atom is -0.433 e. The Bertz CT molecular complexity index is 235.